The summed E-state index contributed by atoms with van der Waals surface area (Å²) in [5.74, 6) is 0. The number of nitrogens with zero attached hydrogens (tertiary/aromatic N) is 2. The molecule has 0 saturated carbocycles. The molecule has 0 fully saturated rings. The molecule has 4 nitrogen and oxygen atoms in total. The van der Waals surface area contributed by atoms with Crippen molar-refractivity contribution in [1.82, 2.24) is 4.98 Å². The van der Waals surface area contributed by atoms with Gasteiger partial charge in [-0.25, -0.2) is 0 Å². The molecule has 0 aliphatic heterocycles. The summed E-state index contributed by atoms with van der Waals surface area (Å²) in [5.41, 5.74) is 0.921. The van der Waals surface area contributed by atoms with E-state index in [-0.39, 0.29) is 0 Å². The average Bonchev–Trinajstić information content (AvgIpc) is 2.34. The minimum absolute atomic E-state index is 0.497. The molecule has 0 saturated heterocycles. The van der Waals surface area contributed by atoms with Gasteiger partial charge < -0.3 is 15.1 Å². The Hall–Kier alpha value is -1.13. The van der Waals surface area contributed by atoms with E-state index in [9.17, 15) is 10.2 Å². The lowest BCUT2D eigenvalue weighted by Gasteiger charge is -2.29. The Kier molecular flexibility index (Phi) is 5.11. The van der Waals surface area contributed by atoms with Crippen molar-refractivity contribution in [1.29, 1.82) is 0 Å². The van der Waals surface area contributed by atoms with Gasteiger partial charge in [-0.1, -0.05) is 6.92 Å². The third kappa shape index (κ3) is 4.27. The number of hydrogen-bond acceptors (Lipinski definition) is 4. The monoisotopic (exact) mass is 252 g/mol. The van der Waals surface area contributed by atoms with Crippen LogP contribution in [-0.4, -0.2) is 33.9 Å². The summed E-state index contributed by atoms with van der Waals surface area (Å²) in [6, 6.07) is 3.78. The van der Waals surface area contributed by atoms with Gasteiger partial charge in [0, 0.05) is 13.1 Å². The summed E-state index contributed by atoms with van der Waals surface area (Å²) >= 11 is 0. The van der Waals surface area contributed by atoms with Crippen LogP contribution in [0, 0.1) is 0 Å². The molecule has 0 aliphatic rings. The molecule has 0 aromatic carbocycles. The van der Waals surface area contributed by atoms with Crippen LogP contribution < -0.4 is 4.90 Å². The standard InChI is InChI=1S/C14H24N2O2/c1-5-13(17)12-8-7-11(9-15-12)16(6-2)10-14(3,4)18/h7-9,13,17-18H,5-6,10H2,1-4H3/t13-/m0/s1. The van der Waals surface area contributed by atoms with Crippen LogP contribution in [-0.2, 0) is 0 Å². The van der Waals surface area contributed by atoms with Gasteiger partial charge in [-0.05, 0) is 39.3 Å². The average molecular weight is 252 g/mol. The maximum Gasteiger partial charge on any atom is 0.0957 e. The van der Waals surface area contributed by atoms with Crippen molar-refractivity contribution in [2.75, 3.05) is 18.0 Å². The number of hydrogen-bond donors (Lipinski definition) is 2. The van der Waals surface area contributed by atoms with Gasteiger partial charge in [-0.2, -0.15) is 0 Å². The molecule has 1 aromatic heterocycles. The zero-order chi connectivity index (χ0) is 13.8. The smallest absolute Gasteiger partial charge is 0.0957 e. The molecule has 0 radical (unpaired) electrons. The number of aliphatic hydroxyl groups excluding tert-OH is 1. The number of likely N-dealkylation sites (N-methyl/N-ethyl adjacent to an activating group) is 1. The van der Waals surface area contributed by atoms with Gasteiger partial charge in [0.25, 0.3) is 0 Å². The van der Waals surface area contributed by atoms with E-state index in [4.69, 9.17) is 0 Å². The first-order chi connectivity index (χ1) is 8.37. The Labute approximate surface area is 109 Å². The van der Waals surface area contributed by atoms with Gasteiger partial charge in [-0.15, -0.1) is 0 Å². The second-order valence-corrected chi connectivity index (χ2v) is 5.19. The summed E-state index contributed by atoms with van der Waals surface area (Å²) < 4.78 is 0. The van der Waals surface area contributed by atoms with Crippen molar-refractivity contribution in [2.45, 2.75) is 45.8 Å². The Balaban J connectivity index is 2.82. The molecule has 0 bridgehead atoms. The van der Waals surface area contributed by atoms with E-state index in [2.05, 4.69) is 9.88 Å². The molecule has 4 heteroatoms. The Morgan fingerprint density at radius 3 is 2.39 bits per heavy atom. The molecule has 0 aliphatic carbocycles. The van der Waals surface area contributed by atoms with Gasteiger partial charge >= 0.3 is 0 Å². The Morgan fingerprint density at radius 1 is 1.33 bits per heavy atom. The van der Waals surface area contributed by atoms with E-state index in [1.54, 1.807) is 20.0 Å². The molecule has 0 amide bonds. The van der Waals surface area contributed by atoms with Crippen LogP contribution in [0.4, 0.5) is 5.69 Å². The quantitative estimate of drug-likeness (QED) is 0.814. The van der Waals surface area contributed by atoms with Crippen molar-refractivity contribution >= 4 is 5.69 Å². The third-order valence-corrected chi connectivity index (χ3v) is 2.82. The topological polar surface area (TPSA) is 56.6 Å². The molecular formula is C14H24N2O2. The van der Waals surface area contributed by atoms with E-state index in [1.807, 2.05) is 26.0 Å². The van der Waals surface area contributed by atoms with E-state index in [0.717, 1.165) is 12.2 Å². The molecule has 18 heavy (non-hydrogen) atoms. The predicted octanol–water partition coefficient (Wildman–Crippen LogP) is 2.12. The molecule has 1 heterocycles. The van der Waals surface area contributed by atoms with Crippen LogP contribution in [0.2, 0.25) is 0 Å². The number of aromatic nitrogens is 1. The molecule has 1 rings (SSSR count). The van der Waals surface area contributed by atoms with Crippen LogP contribution >= 0.6 is 0 Å². The molecule has 0 unspecified atom stereocenters. The second-order valence-electron chi connectivity index (χ2n) is 5.19. The van der Waals surface area contributed by atoms with Crippen molar-refractivity contribution in [3.63, 3.8) is 0 Å². The van der Waals surface area contributed by atoms with Gasteiger partial charge in [-0.3, -0.25) is 4.98 Å². The summed E-state index contributed by atoms with van der Waals surface area (Å²) in [6.07, 6.45) is 1.92. The van der Waals surface area contributed by atoms with Gasteiger partial charge in [0.15, 0.2) is 0 Å². The van der Waals surface area contributed by atoms with Gasteiger partial charge in [0.1, 0.15) is 0 Å². The van der Waals surface area contributed by atoms with E-state index < -0.39 is 11.7 Å². The zero-order valence-corrected chi connectivity index (χ0v) is 11.7. The van der Waals surface area contributed by atoms with Gasteiger partial charge in [0.2, 0.25) is 0 Å². The van der Waals surface area contributed by atoms with Crippen LogP contribution in [0.3, 0.4) is 0 Å². The van der Waals surface area contributed by atoms with Gasteiger partial charge in [0.05, 0.1) is 29.3 Å². The zero-order valence-electron chi connectivity index (χ0n) is 11.7. The lowest BCUT2D eigenvalue weighted by Crippen LogP contribution is -2.38. The highest BCUT2D eigenvalue weighted by Crippen LogP contribution is 2.19. The predicted molar refractivity (Wildman–Crippen MR) is 73.7 cm³/mol. The molecule has 1 aromatic rings. The van der Waals surface area contributed by atoms with Crippen LogP contribution in [0.1, 0.15) is 45.9 Å². The summed E-state index contributed by atoms with van der Waals surface area (Å²) in [6.45, 7) is 8.91. The van der Waals surface area contributed by atoms with E-state index >= 15 is 0 Å². The van der Waals surface area contributed by atoms with Crippen LogP contribution in [0.15, 0.2) is 18.3 Å². The van der Waals surface area contributed by atoms with Crippen LogP contribution in [0.5, 0.6) is 0 Å². The summed E-state index contributed by atoms with van der Waals surface area (Å²) in [5, 5.41) is 19.5. The fourth-order valence-corrected chi connectivity index (χ4v) is 1.84. The highest BCUT2D eigenvalue weighted by Gasteiger charge is 2.18. The first-order valence-electron chi connectivity index (χ1n) is 6.48. The number of anilines is 1. The lowest BCUT2D eigenvalue weighted by atomic mass is 10.1. The fourth-order valence-electron chi connectivity index (χ4n) is 1.84. The summed E-state index contributed by atoms with van der Waals surface area (Å²) in [7, 11) is 0. The second kappa shape index (κ2) is 6.16. The fraction of sp³-hybridized carbons (Fsp3) is 0.643. The molecular weight excluding hydrogens is 228 g/mol. The number of pyridine rings is 1. The Bertz CT molecular complexity index is 357. The van der Waals surface area contributed by atoms with Crippen molar-refractivity contribution in [3.05, 3.63) is 24.0 Å². The maximum atomic E-state index is 9.86. The van der Waals surface area contributed by atoms with E-state index in [0.29, 0.717) is 18.7 Å². The minimum atomic E-state index is -0.738. The third-order valence-electron chi connectivity index (χ3n) is 2.82. The summed E-state index contributed by atoms with van der Waals surface area (Å²) in [4.78, 5) is 6.34. The van der Waals surface area contributed by atoms with E-state index in [1.165, 1.54) is 0 Å². The molecule has 0 spiro atoms. The Morgan fingerprint density at radius 2 is 2.00 bits per heavy atom. The van der Waals surface area contributed by atoms with Crippen molar-refractivity contribution < 1.29 is 10.2 Å². The molecule has 102 valence electrons. The van der Waals surface area contributed by atoms with Crippen LogP contribution in [0.25, 0.3) is 0 Å². The SMILES string of the molecule is CC[C@H](O)c1ccc(N(CC)CC(C)(C)O)cn1. The maximum absolute atomic E-state index is 9.86. The number of aliphatic hydroxyl groups is 2. The lowest BCUT2D eigenvalue weighted by molar-refractivity contribution is 0.0875. The van der Waals surface area contributed by atoms with Crippen molar-refractivity contribution in [3.8, 4) is 0 Å². The minimum Gasteiger partial charge on any atom is -0.389 e. The molecule has 1 atom stereocenters. The number of rotatable bonds is 6. The largest absolute Gasteiger partial charge is 0.389 e. The first kappa shape index (κ1) is 14.9. The highest BCUT2D eigenvalue weighted by molar-refractivity contribution is 5.45. The van der Waals surface area contributed by atoms with Crippen molar-refractivity contribution in [2.24, 2.45) is 0 Å². The first-order valence-corrected chi connectivity index (χ1v) is 6.48. The molecule has 2 N–H and O–H groups in total. The normalized spacial score (nSPS) is 13.4. The highest BCUT2D eigenvalue weighted by atomic mass is 16.3.